The number of halogens is 3. The second kappa shape index (κ2) is 6.61. The first kappa shape index (κ1) is 16.0. The highest BCUT2D eigenvalue weighted by molar-refractivity contribution is 7.99. The van der Waals surface area contributed by atoms with E-state index in [0.717, 1.165) is 25.3 Å². The largest absolute Gasteiger partial charge is 0.417 e. The number of benzene rings is 1. The Bertz CT molecular complexity index is 537. The average Bonchev–Trinajstić information content (AvgIpc) is 2.46. The van der Waals surface area contributed by atoms with Gasteiger partial charge in [-0.2, -0.15) is 30.2 Å². The van der Waals surface area contributed by atoms with Crippen molar-refractivity contribution >= 4 is 17.4 Å². The SMILES string of the molecule is CSC1CCCCC1Nc1ccc(C(F)(F)F)c(C#N)c1. The summed E-state index contributed by atoms with van der Waals surface area (Å²) in [6.45, 7) is 0. The van der Waals surface area contributed by atoms with Crippen molar-refractivity contribution in [3.05, 3.63) is 29.3 Å². The molecule has 0 radical (unpaired) electrons. The highest BCUT2D eigenvalue weighted by atomic mass is 32.2. The van der Waals surface area contributed by atoms with Crippen molar-refractivity contribution in [2.75, 3.05) is 11.6 Å². The quantitative estimate of drug-likeness (QED) is 0.881. The summed E-state index contributed by atoms with van der Waals surface area (Å²) in [6, 6.07) is 5.58. The van der Waals surface area contributed by atoms with Gasteiger partial charge in [-0.15, -0.1) is 0 Å². The smallest absolute Gasteiger partial charge is 0.381 e. The van der Waals surface area contributed by atoms with Gasteiger partial charge in [-0.05, 0) is 37.3 Å². The molecule has 0 bridgehead atoms. The molecule has 1 fully saturated rings. The molecule has 1 saturated carbocycles. The minimum Gasteiger partial charge on any atom is -0.381 e. The Hall–Kier alpha value is -1.35. The predicted molar refractivity (Wildman–Crippen MR) is 79.3 cm³/mol. The number of nitriles is 1. The van der Waals surface area contributed by atoms with E-state index in [2.05, 4.69) is 11.6 Å². The molecular formula is C15H17F3N2S. The van der Waals surface area contributed by atoms with Gasteiger partial charge in [0.25, 0.3) is 0 Å². The number of thioether (sulfide) groups is 1. The molecule has 1 aliphatic rings. The van der Waals surface area contributed by atoms with Crippen LogP contribution in [0.2, 0.25) is 0 Å². The van der Waals surface area contributed by atoms with Crippen LogP contribution in [0, 0.1) is 11.3 Å². The van der Waals surface area contributed by atoms with E-state index in [9.17, 15) is 13.2 Å². The van der Waals surface area contributed by atoms with Crippen molar-refractivity contribution in [3.8, 4) is 6.07 Å². The maximum Gasteiger partial charge on any atom is 0.417 e. The first-order valence-electron chi connectivity index (χ1n) is 6.86. The van der Waals surface area contributed by atoms with E-state index in [1.807, 2.05) is 0 Å². The Morgan fingerprint density at radius 1 is 1.29 bits per heavy atom. The molecule has 1 aliphatic carbocycles. The van der Waals surface area contributed by atoms with E-state index in [1.165, 1.54) is 18.6 Å². The molecule has 2 nitrogen and oxygen atoms in total. The standard InChI is InChI=1S/C15H17F3N2S/c1-21-14-5-3-2-4-13(14)20-11-6-7-12(15(16,17)18)10(8-11)9-19/h6-8,13-14,20H,2-5H2,1H3. The molecular weight excluding hydrogens is 297 g/mol. The lowest BCUT2D eigenvalue weighted by Crippen LogP contribution is -2.34. The summed E-state index contributed by atoms with van der Waals surface area (Å²) < 4.78 is 38.3. The second-order valence-corrected chi connectivity index (χ2v) is 6.26. The zero-order chi connectivity index (χ0) is 15.5. The zero-order valence-electron chi connectivity index (χ0n) is 11.7. The molecule has 0 spiro atoms. The fourth-order valence-electron chi connectivity index (χ4n) is 2.73. The molecule has 2 unspecified atom stereocenters. The van der Waals surface area contributed by atoms with Crippen molar-refractivity contribution < 1.29 is 13.2 Å². The van der Waals surface area contributed by atoms with Crippen LogP contribution < -0.4 is 5.32 Å². The minimum absolute atomic E-state index is 0.247. The molecule has 1 N–H and O–H groups in total. The van der Waals surface area contributed by atoms with Crippen LogP contribution in [0.25, 0.3) is 0 Å². The van der Waals surface area contributed by atoms with E-state index < -0.39 is 11.7 Å². The van der Waals surface area contributed by atoms with Gasteiger partial charge in [-0.3, -0.25) is 0 Å². The third-order valence-corrected chi connectivity index (χ3v) is 4.97. The van der Waals surface area contributed by atoms with E-state index in [4.69, 9.17) is 5.26 Å². The predicted octanol–water partition coefficient (Wildman–Crippen LogP) is 4.66. The molecule has 1 aromatic carbocycles. The lowest BCUT2D eigenvalue weighted by molar-refractivity contribution is -0.137. The maximum absolute atomic E-state index is 12.8. The second-order valence-electron chi connectivity index (χ2n) is 5.18. The van der Waals surface area contributed by atoms with Crippen LogP contribution >= 0.6 is 11.8 Å². The fraction of sp³-hybridized carbons (Fsp3) is 0.533. The first-order valence-corrected chi connectivity index (χ1v) is 8.15. The van der Waals surface area contributed by atoms with Gasteiger partial charge >= 0.3 is 6.18 Å². The molecule has 1 aromatic rings. The highest BCUT2D eigenvalue weighted by Crippen LogP contribution is 2.34. The molecule has 0 aliphatic heterocycles. The number of alkyl halides is 3. The van der Waals surface area contributed by atoms with Crippen LogP contribution in [0.1, 0.15) is 36.8 Å². The number of anilines is 1. The van der Waals surface area contributed by atoms with E-state index in [1.54, 1.807) is 17.8 Å². The zero-order valence-corrected chi connectivity index (χ0v) is 12.5. The lowest BCUT2D eigenvalue weighted by atomic mass is 9.94. The summed E-state index contributed by atoms with van der Waals surface area (Å²) in [5.74, 6) is 0. The third kappa shape index (κ3) is 3.85. The van der Waals surface area contributed by atoms with Gasteiger partial charge in [0.05, 0.1) is 17.2 Å². The van der Waals surface area contributed by atoms with Crippen LogP contribution in [-0.2, 0) is 6.18 Å². The van der Waals surface area contributed by atoms with E-state index in [-0.39, 0.29) is 11.6 Å². The number of nitrogens with one attached hydrogen (secondary N) is 1. The van der Waals surface area contributed by atoms with Gasteiger partial charge in [-0.1, -0.05) is 12.8 Å². The van der Waals surface area contributed by atoms with Crippen LogP contribution in [0.5, 0.6) is 0 Å². The molecule has 6 heteroatoms. The van der Waals surface area contributed by atoms with Crippen molar-refractivity contribution in [2.45, 2.75) is 43.2 Å². The molecule has 2 atom stereocenters. The van der Waals surface area contributed by atoms with E-state index in [0.29, 0.717) is 10.9 Å². The topological polar surface area (TPSA) is 35.8 Å². The third-order valence-electron chi connectivity index (χ3n) is 3.80. The first-order chi connectivity index (χ1) is 9.95. The fourth-order valence-corrected chi connectivity index (χ4v) is 3.67. The van der Waals surface area contributed by atoms with Crippen LogP contribution in [0.4, 0.5) is 18.9 Å². The van der Waals surface area contributed by atoms with Crippen LogP contribution in [0.15, 0.2) is 18.2 Å². The van der Waals surface area contributed by atoms with Crippen LogP contribution in [-0.4, -0.2) is 17.5 Å². The molecule has 0 amide bonds. The summed E-state index contributed by atoms with van der Waals surface area (Å²) in [5, 5.41) is 12.7. The number of hydrogen-bond donors (Lipinski definition) is 1. The summed E-state index contributed by atoms with van der Waals surface area (Å²) >= 11 is 1.78. The van der Waals surface area contributed by atoms with Gasteiger partial charge in [0.15, 0.2) is 0 Å². The molecule has 114 valence electrons. The Morgan fingerprint density at radius 2 is 2.00 bits per heavy atom. The maximum atomic E-state index is 12.8. The summed E-state index contributed by atoms with van der Waals surface area (Å²) in [7, 11) is 0. The highest BCUT2D eigenvalue weighted by Gasteiger charge is 2.33. The Kier molecular flexibility index (Phi) is 5.04. The molecule has 2 rings (SSSR count). The van der Waals surface area contributed by atoms with Gasteiger partial charge in [0.1, 0.15) is 0 Å². The Morgan fingerprint density at radius 3 is 2.62 bits per heavy atom. The number of rotatable bonds is 3. The Balaban J connectivity index is 2.20. The molecule has 0 heterocycles. The van der Waals surface area contributed by atoms with Crippen molar-refractivity contribution in [3.63, 3.8) is 0 Å². The molecule has 0 saturated heterocycles. The Labute approximate surface area is 126 Å². The van der Waals surface area contributed by atoms with Gasteiger partial charge in [-0.25, -0.2) is 0 Å². The van der Waals surface area contributed by atoms with Crippen LogP contribution in [0.3, 0.4) is 0 Å². The summed E-state index contributed by atoms with van der Waals surface area (Å²) in [4.78, 5) is 0. The van der Waals surface area contributed by atoms with Crippen molar-refractivity contribution in [2.24, 2.45) is 0 Å². The van der Waals surface area contributed by atoms with Crippen molar-refractivity contribution in [1.29, 1.82) is 5.26 Å². The lowest BCUT2D eigenvalue weighted by Gasteiger charge is -2.31. The van der Waals surface area contributed by atoms with Crippen molar-refractivity contribution in [1.82, 2.24) is 0 Å². The molecule has 0 aromatic heterocycles. The normalized spacial score (nSPS) is 22.6. The monoisotopic (exact) mass is 314 g/mol. The summed E-state index contributed by atoms with van der Waals surface area (Å²) in [5.41, 5.74) is -0.616. The molecule has 21 heavy (non-hydrogen) atoms. The minimum atomic E-state index is -4.49. The summed E-state index contributed by atoms with van der Waals surface area (Å²) in [6.07, 6.45) is 2.01. The number of hydrogen-bond acceptors (Lipinski definition) is 3. The van der Waals surface area contributed by atoms with E-state index >= 15 is 0 Å². The van der Waals surface area contributed by atoms with Gasteiger partial charge < -0.3 is 5.32 Å². The average molecular weight is 314 g/mol. The van der Waals surface area contributed by atoms with Gasteiger partial charge in [0, 0.05) is 17.0 Å². The van der Waals surface area contributed by atoms with Gasteiger partial charge in [0.2, 0.25) is 0 Å². The number of nitrogens with zero attached hydrogens (tertiary/aromatic N) is 1.